The second-order valence-corrected chi connectivity index (χ2v) is 6.58. The fourth-order valence-corrected chi connectivity index (χ4v) is 3.09. The van der Waals surface area contributed by atoms with Crippen LogP contribution in [0.15, 0.2) is 15.9 Å². The summed E-state index contributed by atoms with van der Waals surface area (Å²) in [6.07, 6.45) is 1.77. The zero-order chi connectivity index (χ0) is 14.3. The summed E-state index contributed by atoms with van der Waals surface area (Å²) in [6.45, 7) is -0.263. The van der Waals surface area contributed by atoms with E-state index < -0.39 is 12.0 Å². The molecule has 7 heteroatoms. The highest BCUT2D eigenvalue weighted by atomic mass is 79.9. The lowest BCUT2D eigenvalue weighted by molar-refractivity contribution is -0.142. The molecule has 3 N–H and O–H groups in total. The molecule has 0 radical (unpaired) electrons. The summed E-state index contributed by atoms with van der Waals surface area (Å²) in [5, 5.41) is 19.9. The molecule has 1 rings (SSSR count). The van der Waals surface area contributed by atoms with Crippen LogP contribution in [0, 0.1) is 0 Å². The summed E-state index contributed by atoms with van der Waals surface area (Å²) in [4.78, 5) is 23.5. The highest BCUT2D eigenvalue weighted by molar-refractivity contribution is 9.11. The number of nitrogens with one attached hydrogen (secondary N) is 1. The lowest BCUT2D eigenvalue weighted by Crippen LogP contribution is -2.41. The average Bonchev–Trinajstić information content (AvgIpc) is 2.74. The van der Waals surface area contributed by atoms with E-state index in [1.165, 1.54) is 4.88 Å². The highest BCUT2D eigenvalue weighted by Gasteiger charge is 2.18. The van der Waals surface area contributed by atoms with Crippen LogP contribution in [0.5, 0.6) is 0 Å². The minimum atomic E-state index is -1.12. The molecule has 0 aromatic carbocycles. The maximum absolute atomic E-state index is 11.6. The Bertz CT molecular complexity index is 435. The van der Waals surface area contributed by atoms with Crippen molar-refractivity contribution < 1.29 is 19.8 Å². The van der Waals surface area contributed by atoms with E-state index in [0.717, 1.165) is 10.2 Å². The number of carbonyl (C=O) groups is 2. The summed E-state index contributed by atoms with van der Waals surface area (Å²) in [7, 11) is 0. The van der Waals surface area contributed by atoms with Crippen molar-refractivity contribution in [1.82, 2.24) is 5.32 Å². The molecule has 0 bridgehead atoms. The maximum Gasteiger partial charge on any atom is 0.326 e. The molecule has 1 amide bonds. The van der Waals surface area contributed by atoms with Crippen molar-refractivity contribution in [2.24, 2.45) is 0 Å². The zero-order valence-electron chi connectivity index (χ0n) is 10.3. The van der Waals surface area contributed by atoms with Gasteiger partial charge < -0.3 is 15.5 Å². The van der Waals surface area contributed by atoms with Gasteiger partial charge in [-0.3, -0.25) is 4.79 Å². The quantitative estimate of drug-likeness (QED) is 0.667. The average molecular weight is 350 g/mol. The molecule has 1 atom stereocenters. The second kappa shape index (κ2) is 8.29. The Morgan fingerprint density at radius 3 is 2.68 bits per heavy atom. The molecule has 1 aromatic rings. The van der Waals surface area contributed by atoms with Crippen LogP contribution in [0.3, 0.4) is 0 Å². The molecule has 5 nitrogen and oxygen atoms in total. The molecule has 1 unspecified atom stereocenters. The van der Waals surface area contributed by atoms with E-state index in [-0.39, 0.29) is 25.4 Å². The lowest BCUT2D eigenvalue weighted by Gasteiger charge is -2.12. The Morgan fingerprint density at radius 1 is 1.42 bits per heavy atom. The first-order valence-corrected chi connectivity index (χ1v) is 7.51. The molecular weight excluding hydrogens is 334 g/mol. The van der Waals surface area contributed by atoms with Gasteiger partial charge in [-0.25, -0.2) is 4.79 Å². The molecule has 0 saturated heterocycles. The van der Waals surface area contributed by atoms with Gasteiger partial charge in [-0.05, 0) is 40.9 Å². The number of hydrogen-bond acceptors (Lipinski definition) is 4. The number of rotatable bonds is 8. The van der Waals surface area contributed by atoms with Crippen LogP contribution in [0.1, 0.15) is 24.1 Å². The standard InChI is InChI=1S/C12H16BrNO4S/c13-10-5-4-8(19-10)2-1-3-11(16)14-9(6-7-15)12(17)18/h4-5,9,15H,1-3,6-7H2,(H,14,16)(H,17,18). The van der Waals surface area contributed by atoms with E-state index in [1.807, 2.05) is 12.1 Å². The van der Waals surface area contributed by atoms with Gasteiger partial charge in [0, 0.05) is 24.3 Å². The molecular formula is C12H16BrNO4S. The van der Waals surface area contributed by atoms with Gasteiger partial charge in [-0.2, -0.15) is 0 Å². The van der Waals surface area contributed by atoms with Crippen LogP contribution in [0.2, 0.25) is 0 Å². The number of amides is 1. The van der Waals surface area contributed by atoms with Gasteiger partial charge in [-0.15, -0.1) is 11.3 Å². The second-order valence-electron chi connectivity index (χ2n) is 4.03. The van der Waals surface area contributed by atoms with E-state index in [9.17, 15) is 9.59 Å². The number of aliphatic hydroxyl groups excluding tert-OH is 1. The molecule has 0 aliphatic rings. The Labute approximate surface area is 123 Å². The molecule has 0 fully saturated rings. The van der Waals surface area contributed by atoms with E-state index in [1.54, 1.807) is 11.3 Å². The number of carboxylic acid groups (broad SMARTS) is 1. The van der Waals surface area contributed by atoms with Gasteiger partial charge in [0.15, 0.2) is 0 Å². The predicted octanol–water partition coefficient (Wildman–Crippen LogP) is 1.79. The number of halogens is 1. The predicted molar refractivity (Wildman–Crippen MR) is 76.2 cm³/mol. The Kier molecular flexibility index (Phi) is 7.04. The first kappa shape index (κ1) is 16.1. The van der Waals surface area contributed by atoms with Crippen molar-refractivity contribution in [3.63, 3.8) is 0 Å². The highest BCUT2D eigenvalue weighted by Crippen LogP contribution is 2.23. The van der Waals surface area contributed by atoms with E-state index in [2.05, 4.69) is 21.2 Å². The Balaban J connectivity index is 2.28. The third-order valence-electron chi connectivity index (χ3n) is 2.51. The number of carbonyl (C=O) groups excluding carboxylic acids is 1. The van der Waals surface area contributed by atoms with E-state index >= 15 is 0 Å². The third-order valence-corrected chi connectivity index (χ3v) is 4.19. The van der Waals surface area contributed by atoms with Crippen LogP contribution >= 0.6 is 27.3 Å². The molecule has 106 valence electrons. The SMILES string of the molecule is O=C(CCCc1ccc(Br)s1)NC(CCO)C(=O)O. The Morgan fingerprint density at radius 2 is 2.16 bits per heavy atom. The van der Waals surface area contributed by atoms with Crippen molar-refractivity contribution in [1.29, 1.82) is 0 Å². The molecule has 1 heterocycles. The summed E-state index contributed by atoms with van der Waals surface area (Å²) < 4.78 is 1.06. The first-order chi connectivity index (χ1) is 9.02. The van der Waals surface area contributed by atoms with Crippen molar-refractivity contribution in [2.45, 2.75) is 31.7 Å². The number of carboxylic acids is 1. The van der Waals surface area contributed by atoms with Crippen molar-refractivity contribution in [2.75, 3.05) is 6.61 Å². The molecule has 0 spiro atoms. The molecule has 0 saturated carbocycles. The summed E-state index contributed by atoms with van der Waals surface area (Å²) in [6, 6.07) is 2.95. The molecule has 0 aliphatic heterocycles. The minimum absolute atomic E-state index is 0.0267. The van der Waals surface area contributed by atoms with Crippen LogP contribution in [0.4, 0.5) is 0 Å². The van der Waals surface area contributed by atoms with Crippen molar-refractivity contribution in [3.8, 4) is 0 Å². The number of aliphatic hydroxyl groups is 1. The van der Waals surface area contributed by atoms with E-state index in [4.69, 9.17) is 10.2 Å². The van der Waals surface area contributed by atoms with Gasteiger partial charge >= 0.3 is 5.97 Å². The zero-order valence-corrected chi connectivity index (χ0v) is 12.7. The van der Waals surface area contributed by atoms with Crippen LogP contribution < -0.4 is 5.32 Å². The normalized spacial score (nSPS) is 12.1. The molecule has 0 aliphatic carbocycles. The summed E-state index contributed by atoms with van der Waals surface area (Å²) in [5.74, 6) is -1.42. The Hall–Kier alpha value is -0.920. The van der Waals surface area contributed by atoms with Crippen LogP contribution in [0.25, 0.3) is 0 Å². The summed E-state index contributed by atoms with van der Waals surface area (Å²) in [5.41, 5.74) is 0. The molecule has 1 aromatic heterocycles. The summed E-state index contributed by atoms with van der Waals surface area (Å²) >= 11 is 4.99. The van der Waals surface area contributed by atoms with Gasteiger partial charge in [0.1, 0.15) is 6.04 Å². The van der Waals surface area contributed by atoms with Crippen LogP contribution in [-0.2, 0) is 16.0 Å². The third kappa shape index (κ3) is 6.17. The minimum Gasteiger partial charge on any atom is -0.480 e. The number of aliphatic carboxylic acids is 1. The lowest BCUT2D eigenvalue weighted by atomic mass is 10.1. The largest absolute Gasteiger partial charge is 0.480 e. The van der Waals surface area contributed by atoms with Gasteiger partial charge in [0.2, 0.25) is 5.91 Å². The van der Waals surface area contributed by atoms with E-state index in [0.29, 0.717) is 6.42 Å². The van der Waals surface area contributed by atoms with Gasteiger partial charge in [0.05, 0.1) is 3.79 Å². The number of aryl methyl sites for hydroxylation is 1. The fourth-order valence-electron chi connectivity index (χ4n) is 1.56. The first-order valence-electron chi connectivity index (χ1n) is 5.90. The topological polar surface area (TPSA) is 86.6 Å². The smallest absolute Gasteiger partial charge is 0.326 e. The fraction of sp³-hybridized carbons (Fsp3) is 0.500. The number of thiophene rings is 1. The van der Waals surface area contributed by atoms with Crippen molar-refractivity contribution >= 4 is 39.1 Å². The van der Waals surface area contributed by atoms with Gasteiger partial charge in [-0.1, -0.05) is 0 Å². The van der Waals surface area contributed by atoms with Crippen molar-refractivity contribution in [3.05, 3.63) is 20.8 Å². The van der Waals surface area contributed by atoms with Gasteiger partial charge in [0.25, 0.3) is 0 Å². The number of hydrogen-bond donors (Lipinski definition) is 3. The van der Waals surface area contributed by atoms with Crippen LogP contribution in [-0.4, -0.2) is 34.7 Å². The molecule has 19 heavy (non-hydrogen) atoms. The maximum atomic E-state index is 11.6. The monoisotopic (exact) mass is 349 g/mol.